The highest BCUT2D eigenvalue weighted by Crippen LogP contribution is 2.22. The quantitative estimate of drug-likeness (QED) is 0.419. The van der Waals surface area contributed by atoms with Gasteiger partial charge in [0.25, 0.3) is 0 Å². The van der Waals surface area contributed by atoms with Crippen LogP contribution >= 0.6 is 27.7 Å². The maximum absolute atomic E-state index is 11.3. The number of carbonyl (C=O) groups is 1. The number of carbonyl (C=O) groups excluding carboxylic acids is 1. The summed E-state index contributed by atoms with van der Waals surface area (Å²) in [6.45, 7) is 2.27. The Kier molecular flexibility index (Phi) is 6.32. The summed E-state index contributed by atoms with van der Waals surface area (Å²) >= 11 is 5.08. The summed E-state index contributed by atoms with van der Waals surface area (Å²) in [5, 5.41) is 0.932. The first-order valence-corrected chi connectivity index (χ1v) is 8.56. The van der Waals surface area contributed by atoms with E-state index in [0.717, 1.165) is 27.5 Å². The topological polar surface area (TPSA) is 44.1 Å². The van der Waals surface area contributed by atoms with Gasteiger partial charge in [0, 0.05) is 34.7 Å². The molecule has 21 heavy (non-hydrogen) atoms. The van der Waals surface area contributed by atoms with Crippen molar-refractivity contribution in [2.24, 2.45) is 0 Å². The van der Waals surface area contributed by atoms with Crippen LogP contribution in [0.1, 0.15) is 19.8 Å². The van der Waals surface area contributed by atoms with Crippen molar-refractivity contribution in [1.29, 1.82) is 0 Å². The number of rotatable bonds is 7. The lowest BCUT2D eigenvalue weighted by Crippen LogP contribution is -2.04. The first kappa shape index (κ1) is 16.1. The average molecular weight is 369 g/mol. The van der Waals surface area contributed by atoms with Crippen molar-refractivity contribution < 1.29 is 9.53 Å². The number of esters is 1. The van der Waals surface area contributed by atoms with Crippen molar-refractivity contribution in [2.75, 3.05) is 12.4 Å². The fourth-order valence-corrected chi connectivity index (χ4v) is 2.98. The number of nitrogens with zero attached hydrogens (tertiary/aromatic N) is 2. The van der Waals surface area contributed by atoms with E-state index in [1.807, 2.05) is 42.0 Å². The predicted octanol–water partition coefficient (Wildman–Crippen LogP) is 4.07. The molecule has 0 N–H and O–H groups in total. The molecule has 0 unspecified atom stereocenters. The second-order valence-corrected chi connectivity index (χ2v) is 6.29. The number of benzene rings is 1. The molecule has 0 radical (unpaired) electrons. The highest BCUT2D eigenvalue weighted by atomic mass is 79.9. The molecule has 0 aliphatic carbocycles. The van der Waals surface area contributed by atoms with E-state index in [9.17, 15) is 4.79 Å². The molecule has 2 rings (SSSR count). The zero-order valence-corrected chi connectivity index (χ0v) is 14.2. The summed E-state index contributed by atoms with van der Waals surface area (Å²) in [5.74, 6) is 0.709. The molecule has 4 nitrogen and oxygen atoms in total. The summed E-state index contributed by atoms with van der Waals surface area (Å²) in [6.07, 6.45) is 4.98. The summed E-state index contributed by atoms with van der Waals surface area (Å²) in [4.78, 5) is 15.6. The third kappa shape index (κ3) is 4.89. The molecular weight excluding hydrogens is 352 g/mol. The van der Waals surface area contributed by atoms with Crippen LogP contribution in [0.5, 0.6) is 0 Å². The van der Waals surface area contributed by atoms with Crippen LogP contribution in [0.3, 0.4) is 0 Å². The molecule has 0 amide bonds. The number of hydrogen-bond acceptors (Lipinski definition) is 4. The van der Waals surface area contributed by atoms with E-state index in [0.29, 0.717) is 13.0 Å². The zero-order chi connectivity index (χ0) is 15.1. The largest absolute Gasteiger partial charge is 0.466 e. The van der Waals surface area contributed by atoms with Crippen molar-refractivity contribution in [3.8, 4) is 5.69 Å². The Morgan fingerprint density at radius 3 is 2.86 bits per heavy atom. The summed E-state index contributed by atoms with van der Waals surface area (Å²) in [7, 11) is 0. The maximum atomic E-state index is 11.3. The highest BCUT2D eigenvalue weighted by molar-refractivity contribution is 9.10. The van der Waals surface area contributed by atoms with Gasteiger partial charge in [-0.3, -0.25) is 9.36 Å². The lowest BCUT2D eigenvalue weighted by Gasteiger charge is -2.07. The van der Waals surface area contributed by atoms with Gasteiger partial charge < -0.3 is 4.74 Å². The van der Waals surface area contributed by atoms with Crippen LogP contribution in [0.15, 0.2) is 46.3 Å². The molecule has 2 aromatic rings. The lowest BCUT2D eigenvalue weighted by atomic mass is 10.3. The van der Waals surface area contributed by atoms with Crippen molar-refractivity contribution in [3.63, 3.8) is 0 Å². The number of imidazole rings is 1. The minimum atomic E-state index is -0.130. The summed E-state index contributed by atoms with van der Waals surface area (Å²) < 4.78 is 8.00. The van der Waals surface area contributed by atoms with E-state index in [-0.39, 0.29) is 5.97 Å². The zero-order valence-electron chi connectivity index (χ0n) is 11.8. The Bertz CT molecular complexity index is 584. The Morgan fingerprint density at radius 2 is 2.14 bits per heavy atom. The number of ether oxygens (including phenoxy) is 1. The Balaban J connectivity index is 1.89. The number of hydrogen-bond donors (Lipinski definition) is 0. The summed E-state index contributed by atoms with van der Waals surface area (Å²) in [5.41, 5.74) is 1.07. The van der Waals surface area contributed by atoms with Gasteiger partial charge in [0.1, 0.15) is 0 Å². The molecule has 112 valence electrons. The Hall–Kier alpha value is -1.27. The average Bonchev–Trinajstić information content (AvgIpc) is 2.93. The molecule has 0 fully saturated rings. The Labute approximate surface area is 137 Å². The molecule has 0 atom stereocenters. The van der Waals surface area contributed by atoms with Crippen LogP contribution in [-0.4, -0.2) is 27.9 Å². The van der Waals surface area contributed by atoms with Crippen LogP contribution < -0.4 is 0 Å². The van der Waals surface area contributed by atoms with Crippen molar-refractivity contribution in [1.82, 2.24) is 9.55 Å². The SMILES string of the molecule is CCOC(=O)CCCSc1nccn1-c1ccc(Br)cc1. The van der Waals surface area contributed by atoms with Gasteiger partial charge in [-0.05, 0) is 37.6 Å². The first-order chi connectivity index (χ1) is 10.2. The number of halogens is 1. The predicted molar refractivity (Wildman–Crippen MR) is 87.9 cm³/mol. The van der Waals surface area contributed by atoms with Crippen LogP contribution in [0.2, 0.25) is 0 Å². The van der Waals surface area contributed by atoms with Crippen LogP contribution in [0.25, 0.3) is 5.69 Å². The van der Waals surface area contributed by atoms with E-state index in [1.54, 1.807) is 18.0 Å². The van der Waals surface area contributed by atoms with Crippen molar-refractivity contribution in [2.45, 2.75) is 24.9 Å². The van der Waals surface area contributed by atoms with Gasteiger partial charge in [-0.2, -0.15) is 0 Å². The normalized spacial score (nSPS) is 10.6. The van der Waals surface area contributed by atoms with Gasteiger partial charge >= 0.3 is 5.97 Å². The Morgan fingerprint density at radius 1 is 1.38 bits per heavy atom. The molecule has 1 aromatic carbocycles. The molecular formula is C15H17BrN2O2S. The maximum Gasteiger partial charge on any atom is 0.305 e. The van der Waals surface area contributed by atoms with E-state index >= 15 is 0 Å². The van der Waals surface area contributed by atoms with E-state index in [2.05, 4.69) is 20.9 Å². The number of aromatic nitrogens is 2. The molecule has 0 saturated carbocycles. The van der Waals surface area contributed by atoms with E-state index < -0.39 is 0 Å². The van der Waals surface area contributed by atoms with Crippen LogP contribution in [0, 0.1) is 0 Å². The molecule has 0 aliphatic heterocycles. The van der Waals surface area contributed by atoms with Gasteiger partial charge in [-0.15, -0.1) is 0 Å². The summed E-state index contributed by atoms with van der Waals surface area (Å²) in [6, 6.07) is 8.08. The third-order valence-electron chi connectivity index (χ3n) is 2.77. The molecule has 0 bridgehead atoms. The third-order valence-corrected chi connectivity index (χ3v) is 4.36. The smallest absolute Gasteiger partial charge is 0.305 e. The van der Waals surface area contributed by atoms with Gasteiger partial charge in [0.05, 0.1) is 6.61 Å². The minimum Gasteiger partial charge on any atom is -0.466 e. The van der Waals surface area contributed by atoms with Gasteiger partial charge in [-0.1, -0.05) is 27.7 Å². The molecule has 0 saturated heterocycles. The van der Waals surface area contributed by atoms with Gasteiger partial charge in [0.2, 0.25) is 0 Å². The van der Waals surface area contributed by atoms with Gasteiger partial charge in [0.15, 0.2) is 5.16 Å². The number of thioether (sulfide) groups is 1. The van der Waals surface area contributed by atoms with Gasteiger partial charge in [-0.25, -0.2) is 4.98 Å². The van der Waals surface area contributed by atoms with Crippen LogP contribution in [-0.2, 0) is 9.53 Å². The fourth-order valence-electron chi connectivity index (χ4n) is 1.81. The minimum absolute atomic E-state index is 0.130. The van der Waals surface area contributed by atoms with E-state index in [4.69, 9.17) is 4.74 Å². The molecule has 0 aliphatic rings. The highest BCUT2D eigenvalue weighted by Gasteiger charge is 2.07. The lowest BCUT2D eigenvalue weighted by molar-refractivity contribution is -0.143. The fraction of sp³-hybridized carbons (Fsp3) is 0.333. The second kappa shape index (κ2) is 8.24. The second-order valence-electron chi connectivity index (χ2n) is 4.31. The monoisotopic (exact) mass is 368 g/mol. The van der Waals surface area contributed by atoms with Crippen molar-refractivity contribution >= 4 is 33.7 Å². The molecule has 1 heterocycles. The first-order valence-electron chi connectivity index (χ1n) is 6.78. The molecule has 6 heteroatoms. The van der Waals surface area contributed by atoms with Crippen molar-refractivity contribution in [3.05, 3.63) is 41.1 Å². The van der Waals surface area contributed by atoms with E-state index in [1.165, 1.54) is 0 Å². The standard InChI is InChI=1S/C15H17BrN2O2S/c1-2-20-14(19)4-3-11-21-15-17-9-10-18(15)13-7-5-12(16)6-8-13/h5-10H,2-4,11H2,1H3. The molecule has 0 spiro atoms. The molecule has 1 aromatic heterocycles. The van der Waals surface area contributed by atoms with Crippen LogP contribution in [0.4, 0.5) is 0 Å².